The number of methoxy groups -OCH3 is 1. The molecular weight excluding hydrogens is 186 g/mol. The molecular formula is C9H17NO4. The molecule has 0 spiro atoms. The summed E-state index contributed by atoms with van der Waals surface area (Å²) in [4.78, 5) is 23.1. The minimum atomic E-state index is -0.550. The predicted molar refractivity (Wildman–Crippen MR) is 50.8 cm³/mol. The fourth-order valence-electron chi connectivity index (χ4n) is 0.719. The highest BCUT2D eigenvalue weighted by Gasteiger charge is 2.13. The summed E-state index contributed by atoms with van der Waals surface area (Å²) in [6.07, 6.45) is -0.550. The van der Waals surface area contributed by atoms with Crippen molar-refractivity contribution in [3.8, 4) is 0 Å². The molecule has 0 atom stereocenters. The topological polar surface area (TPSA) is 55.8 Å². The van der Waals surface area contributed by atoms with Gasteiger partial charge in [0.2, 0.25) is 0 Å². The first kappa shape index (κ1) is 12.7. The Kier molecular flexibility index (Phi) is 5.67. The van der Waals surface area contributed by atoms with E-state index >= 15 is 0 Å². The average Bonchev–Trinajstić information content (AvgIpc) is 2.13. The van der Waals surface area contributed by atoms with Gasteiger partial charge in [0.25, 0.3) is 0 Å². The zero-order valence-electron chi connectivity index (χ0n) is 9.07. The predicted octanol–water partition coefficient (Wildman–Crippen LogP) is 0.884. The van der Waals surface area contributed by atoms with Crippen LogP contribution in [0, 0.1) is 5.92 Å². The molecule has 0 radical (unpaired) electrons. The number of hydrogen-bond acceptors (Lipinski definition) is 4. The van der Waals surface area contributed by atoms with Crippen molar-refractivity contribution in [2.75, 3.05) is 27.3 Å². The first-order valence-corrected chi connectivity index (χ1v) is 4.42. The van der Waals surface area contributed by atoms with Gasteiger partial charge in [-0.1, -0.05) is 13.8 Å². The third-order valence-electron chi connectivity index (χ3n) is 1.43. The summed E-state index contributed by atoms with van der Waals surface area (Å²) in [5.74, 6) is -0.131. The largest absolute Gasteiger partial charge is 0.464 e. The fourth-order valence-corrected chi connectivity index (χ4v) is 0.719. The van der Waals surface area contributed by atoms with Crippen LogP contribution in [-0.4, -0.2) is 44.3 Å². The Hall–Kier alpha value is -1.26. The quantitative estimate of drug-likeness (QED) is 0.636. The number of rotatable bonds is 4. The zero-order valence-corrected chi connectivity index (χ0v) is 9.07. The summed E-state index contributed by atoms with van der Waals surface area (Å²) in [6.45, 7) is 4.17. The average molecular weight is 203 g/mol. The van der Waals surface area contributed by atoms with Crippen LogP contribution >= 0.6 is 0 Å². The fraction of sp³-hybridized carbons (Fsp3) is 0.778. The summed E-state index contributed by atoms with van der Waals surface area (Å²) in [6, 6.07) is 0. The maximum Gasteiger partial charge on any atom is 0.409 e. The van der Waals surface area contributed by atoms with Crippen LogP contribution in [0.4, 0.5) is 4.79 Å². The molecule has 0 heterocycles. The molecule has 82 valence electrons. The maximum atomic E-state index is 11.1. The van der Waals surface area contributed by atoms with E-state index in [1.54, 1.807) is 0 Å². The molecule has 14 heavy (non-hydrogen) atoms. The first-order valence-electron chi connectivity index (χ1n) is 4.42. The van der Waals surface area contributed by atoms with Gasteiger partial charge in [-0.15, -0.1) is 0 Å². The molecule has 0 aliphatic carbocycles. The Morgan fingerprint density at radius 3 is 2.36 bits per heavy atom. The van der Waals surface area contributed by atoms with E-state index in [0.29, 0.717) is 12.5 Å². The third-order valence-corrected chi connectivity index (χ3v) is 1.43. The van der Waals surface area contributed by atoms with Gasteiger partial charge in [-0.05, 0) is 5.92 Å². The Labute approximate surface area is 84.0 Å². The van der Waals surface area contributed by atoms with Crippen molar-refractivity contribution in [3.05, 3.63) is 0 Å². The van der Waals surface area contributed by atoms with Crippen LogP contribution < -0.4 is 0 Å². The molecule has 0 aromatic carbocycles. The van der Waals surface area contributed by atoms with Gasteiger partial charge in [0.1, 0.15) is 6.54 Å². The summed E-state index contributed by atoms with van der Waals surface area (Å²) in [5, 5.41) is 0. The van der Waals surface area contributed by atoms with Crippen LogP contribution in [0.3, 0.4) is 0 Å². The lowest BCUT2D eigenvalue weighted by molar-refractivity contribution is -0.145. The van der Waals surface area contributed by atoms with E-state index < -0.39 is 12.1 Å². The van der Waals surface area contributed by atoms with Gasteiger partial charge in [0, 0.05) is 7.05 Å². The number of carbonyl (C=O) groups is 2. The third kappa shape index (κ3) is 5.40. The van der Waals surface area contributed by atoms with Gasteiger partial charge in [0.15, 0.2) is 0 Å². The highest BCUT2D eigenvalue weighted by atomic mass is 16.5. The van der Waals surface area contributed by atoms with E-state index in [4.69, 9.17) is 4.74 Å². The van der Waals surface area contributed by atoms with Crippen LogP contribution in [-0.2, 0) is 14.3 Å². The number of esters is 1. The molecule has 0 bridgehead atoms. The van der Waals surface area contributed by atoms with E-state index in [1.165, 1.54) is 14.2 Å². The van der Waals surface area contributed by atoms with Crippen molar-refractivity contribution in [1.29, 1.82) is 0 Å². The van der Waals surface area contributed by atoms with Crippen molar-refractivity contribution in [1.82, 2.24) is 4.90 Å². The zero-order chi connectivity index (χ0) is 11.1. The number of likely N-dealkylation sites (N-methyl/N-ethyl adjacent to an activating group) is 1. The second kappa shape index (κ2) is 6.23. The molecule has 0 aromatic heterocycles. The molecule has 5 nitrogen and oxygen atoms in total. The lowest BCUT2D eigenvalue weighted by atomic mass is 10.2. The van der Waals surface area contributed by atoms with Gasteiger partial charge in [-0.25, -0.2) is 4.79 Å². The van der Waals surface area contributed by atoms with Crippen molar-refractivity contribution >= 4 is 12.1 Å². The van der Waals surface area contributed by atoms with Crippen molar-refractivity contribution < 1.29 is 19.1 Å². The van der Waals surface area contributed by atoms with E-state index in [-0.39, 0.29) is 6.54 Å². The minimum Gasteiger partial charge on any atom is -0.464 e. The van der Waals surface area contributed by atoms with Gasteiger partial charge >= 0.3 is 12.1 Å². The normalized spacial score (nSPS) is 9.79. The van der Waals surface area contributed by atoms with Crippen LogP contribution in [0.2, 0.25) is 0 Å². The standard InChI is InChI=1S/C9H17NO4/c1-7(2)6-14-8(11)5-10(3)9(12)13-4/h7H,5-6H2,1-4H3. The monoisotopic (exact) mass is 203 g/mol. The van der Waals surface area contributed by atoms with Crippen LogP contribution in [0.25, 0.3) is 0 Å². The SMILES string of the molecule is COC(=O)N(C)CC(=O)OCC(C)C. The number of ether oxygens (including phenoxy) is 2. The van der Waals surface area contributed by atoms with E-state index in [1.807, 2.05) is 13.8 Å². The Bertz CT molecular complexity index is 203. The number of nitrogens with zero attached hydrogens (tertiary/aromatic N) is 1. The van der Waals surface area contributed by atoms with Gasteiger partial charge in [0.05, 0.1) is 13.7 Å². The number of carbonyl (C=O) groups excluding carboxylic acids is 2. The van der Waals surface area contributed by atoms with Gasteiger partial charge in [-0.3, -0.25) is 4.79 Å². The Morgan fingerprint density at radius 2 is 1.93 bits per heavy atom. The molecule has 5 heteroatoms. The molecule has 0 aliphatic heterocycles. The van der Waals surface area contributed by atoms with Crippen LogP contribution in [0.5, 0.6) is 0 Å². The van der Waals surface area contributed by atoms with Gasteiger partial charge in [-0.2, -0.15) is 0 Å². The van der Waals surface area contributed by atoms with Crippen molar-refractivity contribution in [3.63, 3.8) is 0 Å². The second-order valence-electron chi connectivity index (χ2n) is 3.40. The lowest BCUT2D eigenvalue weighted by Crippen LogP contribution is -2.33. The smallest absolute Gasteiger partial charge is 0.409 e. The Balaban J connectivity index is 3.77. The van der Waals surface area contributed by atoms with E-state index in [9.17, 15) is 9.59 Å². The second-order valence-corrected chi connectivity index (χ2v) is 3.40. The molecule has 0 aliphatic rings. The summed E-state index contributed by atoms with van der Waals surface area (Å²) >= 11 is 0. The maximum absolute atomic E-state index is 11.1. The number of amides is 1. The molecule has 0 saturated heterocycles. The Morgan fingerprint density at radius 1 is 1.36 bits per heavy atom. The molecule has 0 aromatic rings. The molecule has 0 unspecified atom stereocenters. The van der Waals surface area contributed by atoms with E-state index in [2.05, 4.69) is 4.74 Å². The molecule has 1 amide bonds. The lowest BCUT2D eigenvalue weighted by Gasteiger charge is -2.14. The molecule has 0 fully saturated rings. The van der Waals surface area contributed by atoms with Gasteiger partial charge < -0.3 is 14.4 Å². The van der Waals surface area contributed by atoms with Crippen LogP contribution in [0.1, 0.15) is 13.8 Å². The summed E-state index contributed by atoms with van der Waals surface area (Å²) in [7, 11) is 2.74. The first-order chi connectivity index (χ1) is 6.47. The van der Waals surface area contributed by atoms with E-state index in [0.717, 1.165) is 4.90 Å². The van der Waals surface area contributed by atoms with Crippen LogP contribution in [0.15, 0.2) is 0 Å². The highest BCUT2D eigenvalue weighted by Crippen LogP contribution is 1.95. The molecule has 0 N–H and O–H groups in total. The molecule has 0 rings (SSSR count). The van der Waals surface area contributed by atoms with Crippen molar-refractivity contribution in [2.24, 2.45) is 5.92 Å². The minimum absolute atomic E-state index is 0.0839. The highest BCUT2D eigenvalue weighted by molar-refractivity contribution is 5.77. The summed E-state index contributed by atoms with van der Waals surface area (Å²) in [5.41, 5.74) is 0. The molecule has 0 saturated carbocycles. The number of hydrogen-bond donors (Lipinski definition) is 0. The summed E-state index contributed by atoms with van der Waals surface area (Å²) < 4.78 is 9.30. The van der Waals surface area contributed by atoms with Crippen molar-refractivity contribution in [2.45, 2.75) is 13.8 Å².